The number of carbonyl (C=O) groups is 2. The first-order chi connectivity index (χ1) is 15.8. The van der Waals surface area contributed by atoms with E-state index < -0.39 is 17.2 Å². The molecule has 2 aromatic carbocycles. The summed E-state index contributed by atoms with van der Waals surface area (Å²) in [6.45, 7) is 3.41. The quantitative estimate of drug-likeness (QED) is 0.559. The first kappa shape index (κ1) is 22.4. The summed E-state index contributed by atoms with van der Waals surface area (Å²) in [7, 11) is 1.94. The van der Waals surface area contributed by atoms with Crippen molar-refractivity contribution in [1.29, 1.82) is 10.5 Å². The number of rotatable bonds is 5. The maximum Gasteiger partial charge on any atom is 0.243 e. The van der Waals surface area contributed by atoms with Crippen molar-refractivity contribution in [3.05, 3.63) is 70.8 Å². The lowest BCUT2D eigenvalue weighted by atomic mass is 9.72. The number of hydrogen-bond donors (Lipinski definition) is 1. The lowest BCUT2D eigenvalue weighted by molar-refractivity contribution is -0.125. The standard InChI is InChI=1S/C26H22N4O2S/c1-26(2)18(13-27)24(32)29-25(19(26)14-28)33-15-21(31)22-17-11-7-8-12-20(17)30(3)23(22)16-9-5-4-6-10-16/h4-12,18H,15H2,1-3H3,(H,29,32)/t18-/m0/s1. The molecule has 0 spiro atoms. The molecule has 1 aliphatic rings. The minimum absolute atomic E-state index is 0.0436. The molecule has 164 valence electrons. The Morgan fingerprint density at radius 1 is 1.12 bits per heavy atom. The molecule has 1 aliphatic heterocycles. The van der Waals surface area contributed by atoms with E-state index >= 15 is 0 Å². The summed E-state index contributed by atoms with van der Waals surface area (Å²) in [5.41, 5.74) is 2.70. The largest absolute Gasteiger partial charge is 0.343 e. The molecule has 0 aliphatic carbocycles. The molecular weight excluding hydrogens is 432 g/mol. The number of nitriles is 2. The second-order valence-corrected chi connectivity index (χ2v) is 9.45. The van der Waals surface area contributed by atoms with E-state index in [0.717, 1.165) is 33.9 Å². The number of allylic oxidation sites excluding steroid dienone is 1. The maximum absolute atomic E-state index is 13.6. The summed E-state index contributed by atoms with van der Waals surface area (Å²) in [6, 6.07) is 21.6. The fourth-order valence-electron chi connectivity index (χ4n) is 4.35. The zero-order valence-electron chi connectivity index (χ0n) is 18.5. The predicted octanol–water partition coefficient (Wildman–Crippen LogP) is 4.79. The highest BCUT2D eigenvalue weighted by Gasteiger charge is 2.44. The van der Waals surface area contributed by atoms with Crippen LogP contribution in [0.15, 0.2) is 65.2 Å². The Morgan fingerprint density at radius 2 is 1.79 bits per heavy atom. The lowest BCUT2D eigenvalue weighted by Gasteiger charge is -2.34. The minimum atomic E-state index is -0.963. The Hall–Kier alpha value is -3.81. The van der Waals surface area contributed by atoms with Crippen molar-refractivity contribution >= 4 is 34.4 Å². The van der Waals surface area contributed by atoms with Crippen LogP contribution in [0.2, 0.25) is 0 Å². The second kappa shape index (κ2) is 8.61. The number of para-hydroxylation sites is 1. The van der Waals surface area contributed by atoms with E-state index in [1.807, 2.05) is 72.3 Å². The van der Waals surface area contributed by atoms with Crippen LogP contribution in [0.25, 0.3) is 22.2 Å². The van der Waals surface area contributed by atoms with E-state index in [0.29, 0.717) is 16.2 Å². The third-order valence-electron chi connectivity index (χ3n) is 6.11. The fraction of sp³-hybridized carbons (Fsp3) is 0.231. The molecule has 1 amide bonds. The number of aromatic nitrogens is 1. The van der Waals surface area contributed by atoms with Crippen LogP contribution in [0.3, 0.4) is 0 Å². The normalized spacial score (nSPS) is 17.4. The van der Waals surface area contributed by atoms with Crippen LogP contribution in [-0.2, 0) is 11.8 Å². The Kier molecular flexibility index (Phi) is 5.84. The van der Waals surface area contributed by atoms with Gasteiger partial charge in [-0.25, -0.2) is 0 Å². The van der Waals surface area contributed by atoms with E-state index in [-0.39, 0.29) is 11.5 Å². The molecule has 3 aromatic rings. The monoisotopic (exact) mass is 454 g/mol. The number of hydrogen-bond acceptors (Lipinski definition) is 5. The van der Waals surface area contributed by atoms with Gasteiger partial charge in [0.15, 0.2) is 5.78 Å². The van der Waals surface area contributed by atoms with Gasteiger partial charge in [0.25, 0.3) is 0 Å². The number of thioether (sulfide) groups is 1. The molecule has 1 atom stereocenters. The highest BCUT2D eigenvalue weighted by atomic mass is 32.2. The minimum Gasteiger partial charge on any atom is -0.343 e. The third kappa shape index (κ3) is 3.71. The number of Topliss-reactive ketones (excluding diaryl/α,β-unsaturated/α-hetero) is 1. The predicted molar refractivity (Wildman–Crippen MR) is 129 cm³/mol. The molecule has 2 heterocycles. The number of fused-ring (bicyclic) bond motifs is 1. The van der Waals surface area contributed by atoms with E-state index in [2.05, 4.69) is 11.4 Å². The SMILES string of the molecule is Cn1c(-c2ccccc2)c(C(=O)CSC2=C(C#N)C(C)(C)[C@@H](C#N)C(=O)N2)c2ccccc21. The summed E-state index contributed by atoms with van der Waals surface area (Å²) < 4.78 is 2.02. The van der Waals surface area contributed by atoms with Gasteiger partial charge in [0.2, 0.25) is 5.91 Å². The van der Waals surface area contributed by atoms with Crippen molar-refractivity contribution in [2.24, 2.45) is 18.4 Å². The highest BCUT2D eigenvalue weighted by Crippen LogP contribution is 2.42. The second-order valence-electron chi connectivity index (χ2n) is 8.47. The van der Waals surface area contributed by atoms with Gasteiger partial charge in [-0.2, -0.15) is 10.5 Å². The van der Waals surface area contributed by atoms with Crippen molar-refractivity contribution in [2.45, 2.75) is 13.8 Å². The summed E-state index contributed by atoms with van der Waals surface area (Å²) >= 11 is 1.13. The molecule has 7 heteroatoms. The van der Waals surface area contributed by atoms with Crippen LogP contribution in [0.5, 0.6) is 0 Å². The third-order valence-corrected chi connectivity index (χ3v) is 7.11. The first-order valence-electron chi connectivity index (χ1n) is 10.5. The Balaban J connectivity index is 1.74. The number of nitrogens with zero attached hydrogens (tertiary/aromatic N) is 3. The first-order valence-corrected chi connectivity index (χ1v) is 11.4. The van der Waals surface area contributed by atoms with Gasteiger partial charge in [-0.3, -0.25) is 9.59 Å². The molecule has 0 saturated carbocycles. The van der Waals surface area contributed by atoms with Gasteiger partial charge in [0.05, 0.1) is 39.8 Å². The van der Waals surface area contributed by atoms with E-state index in [1.54, 1.807) is 13.8 Å². The molecule has 33 heavy (non-hydrogen) atoms. The number of aryl methyl sites for hydroxylation is 1. The molecule has 0 bridgehead atoms. The van der Waals surface area contributed by atoms with Gasteiger partial charge in [-0.1, -0.05) is 74.1 Å². The van der Waals surface area contributed by atoms with Crippen LogP contribution < -0.4 is 5.32 Å². The number of benzene rings is 2. The van der Waals surface area contributed by atoms with Gasteiger partial charge in [0.1, 0.15) is 5.92 Å². The number of amides is 1. The Morgan fingerprint density at radius 3 is 2.45 bits per heavy atom. The van der Waals surface area contributed by atoms with Crippen LogP contribution in [0.1, 0.15) is 24.2 Å². The average molecular weight is 455 g/mol. The van der Waals surface area contributed by atoms with Gasteiger partial charge in [-0.15, -0.1) is 0 Å². The molecule has 6 nitrogen and oxygen atoms in total. The van der Waals surface area contributed by atoms with Crippen molar-refractivity contribution < 1.29 is 9.59 Å². The molecular formula is C26H22N4O2S. The lowest BCUT2D eigenvalue weighted by Crippen LogP contribution is -2.44. The van der Waals surface area contributed by atoms with Crippen molar-refractivity contribution in [1.82, 2.24) is 9.88 Å². The summed E-state index contributed by atoms with van der Waals surface area (Å²) in [5.74, 6) is -1.47. The molecule has 1 N–H and O–H groups in total. The van der Waals surface area contributed by atoms with Crippen LogP contribution in [-0.4, -0.2) is 22.0 Å². The highest BCUT2D eigenvalue weighted by molar-refractivity contribution is 8.03. The Labute approximate surface area is 196 Å². The van der Waals surface area contributed by atoms with Crippen molar-refractivity contribution in [3.63, 3.8) is 0 Å². The molecule has 0 unspecified atom stereocenters. The van der Waals surface area contributed by atoms with Crippen LogP contribution >= 0.6 is 11.8 Å². The molecule has 0 saturated heterocycles. The molecule has 1 aromatic heterocycles. The topological polar surface area (TPSA) is 98.7 Å². The number of carbonyl (C=O) groups excluding carboxylic acids is 2. The smallest absolute Gasteiger partial charge is 0.243 e. The van der Waals surface area contributed by atoms with E-state index in [4.69, 9.17) is 0 Å². The average Bonchev–Trinajstić information content (AvgIpc) is 3.10. The molecule has 0 fully saturated rings. The van der Waals surface area contributed by atoms with Gasteiger partial charge >= 0.3 is 0 Å². The van der Waals surface area contributed by atoms with Gasteiger partial charge in [0, 0.05) is 23.4 Å². The van der Waals surface area contributed by atoms with Crippen LogP contribution in [0.4, 0.5) is 0 Å². The van der Waals surface area contributed by atoms with Gasteiger partial charge in [-0.05, 0) is 11.6 Å². The van der Waals surface area contributed by atoms with Crippen LogP contribution in [0, 0.1) is 34.0 Å². The zero-order valence-corrected chi connectivity index (χ0v) is 19.4. The zero-order chi connectivity index (χ0) is 23.8. The summed E-state index contributed by atoms with van der Waals surface area (Å²) in [4.78, 5) is 26.0. The van der Waals surface area contributed by atoms with E-state index in [1.165, 1.54) is 0 Å². The molecule has 0 radical (unpaired) electrons. The van der Waals surface area contributed by atoms with Crippen molar-refractivity contribution in [2.75, 3.05) is 5.75 Å². The van der Waals surface area contributed by atoms with Crippen molar-refractivity contribution in [3.8, 4) is 23.4 Å². The summed E-state index contributed by atoms with van der Waals surface area (Å²) in [5, 5.41) is 23.0. The van der Waals surface area contributed by atoms with E-state index in [9.17, 15) is 20.1 Å². The fourth-order valence-corrected chi connectivity index (χ4v) is 5.40. The maximum atomic E-state index is 13.6. The summed E-state index contributed by atoms with van der Waals surface area (Å²) in [6.07, 6.45) is 0. The number of ketones is 1. The Bertz CT molecular complexity index is 1390. The molecule has 4 rings (SSSR count). The van der Waals surface area contributed by atoms with Gasteiger partial charge < -0.3 is 9.88 Å². The number of nitrogens with one attached hydrogen (secondary N) is 1.